The Bertz CT molecular complexity index is 553. The highest BCUT2D eigenvalue weighted by Crippen LogP contribution is 2.15. The highest BCUT2D eigenvalue weighted by atomic mass is 127. The van der Waals surface area contributed by atoms with Crippen molar-refractivity contribution < 1.29 is 4.79 Å². The second-order valence-electron chi connectivity index (χ2n) is 4.57. The summed E-state index contributed by atoms with van der Waals surface area (Å²) in [5.41, 5.74) is 0.743. The average molecular weight is 367 g/mol. The smallest absolute Gasteiger partial charge is 0.251 e. The summed E-state index contributed by atoms with van der Waals surface area (Å²) >= 11 is 2.38. The Morgan fingerprint density at radius 1 is 1.00 bits per heavy atom. The van der Waals surface area contributed by atoms with Gasteiger partial charge in [0.25, 0.3) is 5.91 Å². The summed E-state index contributed by atoms with van der Waals surface area (Å²) in [4.78, 5) is 12.0. The van der Waals surface area contributed by atoms with Crippen molar-refractivity contribution in [2.24, 2.45) is 0 Å². The lowest BCUT2D eigenvalue weighted by Crippen LogP contribution is -2.24. The molecule has 0 fully saturated rings. The quantitative estimate of drug-likeness (QED) is 0.463. The van der Waals surface area contributed by atoms with Gasteiger partial charge in [-0.1, -0.05) is 59.3 Å². The van der Waals surface area contributed by atoms with Gasteiger partial charge >= 0.3 is 0 Å². The number of hydrogen-bond donors (Lipinski definition) is 1. The lowest BCUT2D eigenvalue weighted by Gasteiger charge is -2.06. The van der Waals surface area contributed by atoms with Crippen LogP contribution in [-0.2, 0) is 0 Å². The normalized spacial score (nSPS) is 10.6. The first-order chi connectivity index (χ1) is 9.31. The molecular formula is C16H18INO. The van der Waals surface area contributed by atoms with E-state index in [0.29, 0.717) is 0 Å². The molecule has 100 valence electrons. The summed E-state index contributed by atoms with van der Waals surface area (Å²) in [6, 6.07) is 13.9. The lowest BCUT2D eigenvalue weighted by molar-refractivity contribution is 0.0953. The minimum absolute atomic E-state index is 0.0280. The van der Waals surface area contributed by atoms with Gasteiger partial charge in [0.15, 0.2) is 0 Å². The van der Waals surface area contributed by atoms with E-state index in [4.69, 9.17) is 0 Å². The van der Waals surface area contributed by atoms with Crippen molar-refractivity contribution in [2.45, 2.75) is 19.3 Å². The summed E-state index contributed by atoms with van der Waals surface area (Å²) in [7, 11) is 0. The topological polar surface area (TPSA) is 29.1 Å². The minimum atomic E-state index is 0.0280. The van der Waals surface area contributed by atoms with Gasteiger partial charge in [0, 0.05) is 12.1 Å². The second-order valence-corrected chi connectivity index (χ2v) is 5.65. The van der Waals surface area contributed by atoms with Gasteiger partial charge in [0.05, 0.1) is 0 Å². The second kappa shape index (κ2) is 7.48. The van der Waals surface area contributed by atoms with Gasteiger partial charge in [0.2, 0.25) is 0 Å². The number of nitrogens with one attached hydrogen (secondary N) is 1. The third kappa shape index (κ3) is 4.20. The lowest BCUT2D eigenvalue weighted by atomic mass is 10.1. The van der Waals surface area contributed by atoms with Crippen LogP contribution in [0.4, 0.5) is 0 Å². The number of benzene rings is 2. The predicted molar refractivity (Wildman–Crippen MR) is 89.0 cm³/mol. The molecule has 1 amide bonds. The molecule has 2 aromatic carbocycles. The number of fused-ring (bicyclic) bond motifs is 1. The molecule has 0 spiro atoms. The maximum absolute atomic E-state index is 12.0. The van der Waals surface area contributed by atoms with Crippen molar-refractivity contribution in [1.82, 2.24) is 5.32 Å². The van der Waals surface area contributed by atoms with E-state index in [2.05, 4.69) is 34.0 Å². The molecule has 0 radical (unpaired) electrons. The van der Waals surface area contributed by atoms with E-state index in [0.717, 1.165) is 23.9 Å². The molecule has 0 heterocycles. The zero-order valence-electron chi connectivity index (χ0n) is 10.9. The summed E-state index contributed by atoms with van der Waals surface area (Å²) in [6.45, 7) is 0.766. The van der Waals surface area contributed by atoms with E-state index in [1.807, 2.05) is 36.4 Å². The van der Waals surface area contributed by atoms with Gasteiger partial charge in [-0.3, -0.25) is 4.79 Å². The summed E-state index contributed by atoms with van der Waals surface area (Å²) in [6.07, 6.45) is 3.47. The molecule has 2 aromatic rings. The van der Waals surface area contributed by atoms with Gasteiger partial charge in [-0.05, 0) is 40.2 Å². The first-order valence-electron chi connectivity index (χ1n) is 6.64. The molecule has 0 aliphatic carbocycles. The fourth-order valence-electron chi connectivity index (χ4n) is 2.03. The van der Waals surface area contributed by atoms with Crippen molar-refractivity contribution in [3.8, 4) is 0 Å². The summed E-state index contributed by atoms with van der Waals surface area (Å²) in [5.74, 6) is 0.0280. The summed E-state index contributed by atoms with van der Waals surface area (Å²) in [5, 5.41) is 5.26. The van der Waals surface area contributed by atoms with Crippen molar-refractivity contribution in [3.05, 3.63) is 48.0 Å². The number of carbonyl (C=O) groups is 1. The van der Waals surface area contributed by atoms with Crippen LogP contribution in [0, 0.1) is 0 Å². The van der Waals surface area contributed by atoms with Crippen LogP contribution in [0.5, 0.6) is 0 Å². The largest absolute Gasteiger partial charge is 0.352 e. The number of hydrogen-bond acceptors (Lipinski definition) is 1. The zero-order valence-corrected chi connectivity index (χ0v) is 13.0. The van der Waals surface area contributed by atoms with Gasteiger partial charge in [-0.15, -0.1) is 0 Å². The highest BCUT2D eigenvalue weighted by molar-refractivity contribution is 14.1. The molecule has 0 aromatic heterocycles. The number of unbranched alkanes of at least 4 members (excludes halogenated alkanes) is 2. The van der Waals surface area contributed by atoms with Crippen LogP contribution in [0.25, 0.3) is 10.8 Å². The van der Waals surface area contributed by atoms with E-state index in [-0.39, 0.29) is 5.91 Å². The molecule has 2 nitrogen and oxygen atoms in total. The Morgan fingerprint density at radius 2 is 1.79 bits per heavy atom. The van der Waals surface area contributed by atoms with Gasteiger partial charge in [0.1, 0.15) is 0 Å². The number of amides is 1. The number of alkyl halides is 1. The zero-order chi connectivity index (χ0) is 13.5. The van der Waals surface area contributed by atoms with Crippen molar-refractivity contribution in [1.29, 1.82) is 0 Å². The molecule has 0 saturated carbocycles. The van der Waals surface area contributed by atoms with Crippen LogP contribution >= 0.6 is 22.6 Å². The SMILES string of the molecule is O=C(NCCCCCI)c1ccc2ccccc2c1. The fourth-order valence-corrected chi connectivity index (χ4v) is 2.57. The van der Waals surface area contributed by atoms with Crippen LogP contribution in [0.1, 0.15) is 29.6 Å². The van der Waals surface area contributed by atoms with E-state index in [9.17, 15) is 4.79 Å². The van der Waals surface area contributed by atoms with E-state index in [1.54, 1.807) is 0 Å². The molecule has 0 aliphatic rings. The van der Waals surface area contributed by atoms with E-state index >= 15 is 0 Å². The first-order valence-corrected chi connectivity index (χ1v) is 8.17. The fraction of sp³-hybridized carbons (Fsp3) is 0.312. The number of carbonyl (C=O) groups excluding carboxylic acids is 1. The molecule has 1 N–H and O–H groups in total. The molecule has 0 bridgehead atoms. The molecule has 0 saturated heterocycles. The van der Waals surface area contributed by atoms with Crippen molar-refractivity contribution in [2.75, 3.05) is 11.0 Å². The van der Waals surface area contributed by atoms with Crippen LogP contribution in [0.3, 0.4) is 0 Å². The molecule has 2 rings (SSSR count). The van der Waals surface area contributed by atoms with Crippen LogP contribution in [-0.4, -0.2) is 16.9 Å². The number of halogens is 1. The van der Waals surface area contributed by atoms with E-state index < -0.39 is 0 Å². The molecule has 0 aliphatic heterocycles. The maximum atomic E-state index is 12.0. The molecule has 0 atom stereocenters. The van der Waals surface area contributed by atoms with Gasteiger partial charge in [-0.2, -0.15) is 0 Å². The number of rotatable bonds is 6. The molecular weight excluding hydrogens is 349 g/mol. The standard InChI is InChI=1S/C16H18INO/c17-10-4-1-5-11-18-16(19)15-9-8-13-6-2-3-7-14(13)12-15/h2-3,6-9,12H,1,4-5,10-11H2,(H,18,19). The predicted octanol–water partition coefficient (Wildman–Crippen LogP) is 4.17. The van der Waals surface area contributed by atoms with Gasteiger partial charge in [-0.25, -0.2) is 0 Å². The molecule has 3 heteroatoms. The van der Waals surface area contributed by atoms with Crippen LogP contribution < -0.4 is 5.32 Å². The van der Waals surface area contributed by atoms with Crippen molar-refractivity contribution >= 4 is 39.3 Å². The monoisotopic (exact) mass is 367 g/mol. The average Bonchev–Trinajstić information content (AvgIpc) is 2.46. The summed E-state index contributed by atoms with van der Waals surface area (Å²) < 4.78 is 1.19. The van der Waals surface area contributed by atoms with Gasteiger partial charge < -0.3 is 5.32 Å². The Kier molecular flexibility index (Phi) is 5.63. The third-order valence-electron chi connectivity index (χ3n) is 3.11. The van der Waals surface area contributed by atoms with Crippen molar-refractivity contribution in [3.63, 3.8) is 0 Å². The maximum Gasteiger partial charge on any atom is 0.251 e. The minimum Gasteiger partial charge on any atom is -0.352 e. The Labute approximate surface area is 127 Å². The Morgan fingerprint density at radius 3 is 2.58 bits per heavy atom. The first kappa shape index (κ1) is 14.3. The Balaban J connectivity index is 1.93. The molecule has 19 heavy (non-hydrogen) atoms. The van der Waals surface area contributed by atoms with E-state index in [1.165, 1.54) is 22.7 Å². The highest BCUT2D eigenvalue weighted by Gasteiger charge is 2.05. The van der Waals surface area contributed by atoms with Crippen LogP contribution in [0.2, 0.25) is 0 Å². The molecule has 0 unspecified atom stereocenters. The van der Waals surface area contributed by atoms with Crippen LogP contribution in [0.15, 0.2) is 42.5 Å². The third-order valence-corrected chi connectivity index (χ3v) is 3.87. The Hall–Kier alpha value is -1.10.